The van der Waals surface area contributed by atoms with E-state index in [2.05, 4.69) is 32.1 Å². The number of piperazine rings is 1. The molecule has 7 nitrogen and oxygen atoms in total. The molecule has 0 atom stereocenters. The Morgan fingerprint density at radius 1 is 1.30 bits per heavy atom. The Kier molecular flexibility index (Phi) is 5.25. The highest BCUT2D eigenvalue weighted by molar-refractivity contribution is 5.91. The summed E-state index contributed by atoms with van der Waals surface area (Å²) < 4.78 is 4.87. The molecule has 0 unspecified atom stereocenters. The van der Waals surface area contributed by atoms with Crippen LogP contribution in [-0.2, 0) is 4.74 Å². The number of anilines is 1. The van der Waals surface area contributed by atoms with Crippen LogP contribution in [0.1, 0.15) is 10.5 Å². The molecule has 2 heterocycles. The van der Waals surface area contributed by atoms with Crippen molar-refractivity contribution in [3.05, 3.63) is 18.1 Å². The third kappa shape index (κ3) is 3.88. The van der Waals surface area contributed by atoms with Gasteiger partial charge in [-0.25, -0.2) is 9.97 Å². The summed E-state index contributed by atoms with van der Waals surface area (Å²) >= 11 is 0. The fourth-order valence-electron chi connectivity index (χ4n) is 1.99. The zero-order valence-corrected chi connectivity index (χ0v) is 12.0. The summed E-state index contributed by atoms with van der Waals surface area (Å²) in [6.07, 6.45) is 3.19. The van der Waals surface area contributed by atoms with Crippen molar-refractivity contribution < 1.29 is 9.53 Å². The van der Waals surface area contributed by atoms with Crippen molar-refractivity contribution in [1.29, 1.82) is 0 Å². The van der Waals surface area contributed by atoms with E-state index in [1.165, 1.54) is 6.20 Å². The largest absolute Gasteiger partial charge is 0.383 e. The third-order valence-corrected chi connectivity index (χ3v) is 3.29. The highest BCUT2D eigenvalue weighted by Gasteiger charge is 2.16. The van der Waals surface area contributed by atoms with Crippen LogP contribution in [0.3, 0.4) is 0 Å². The van der Waals surface area contributed by atoms with Crippen LogP contribution in [0.2, 0.25) is 0 Å². The summed E-state index contributed by atoms with van der Waals surface area (Å²) in [5.41, 5.74) is 0.332. The fourth-order valence-corrected chi connectivity index (χ4v) is 1.99. The van der Waals surface area contributed by atoms with Crippen molar-refractivity contribution in [2.75, 3.05) is 58.4 Å². The van der Waals surface area contributed by atoms with Crippen molar-refractivity contribution in [3.63, 3.8) is 0 Å². The summed E-state index contributed by atoms with van der Waals surface area (Å²) in [5, 5.41) is 2.72. The van der Waals surface area contributed by atoms with Crippen molar-refractivity contribution in [2.24, 2.45) is 0 Å². The first-order chi connectivity index (χ1) is 9.70. The molecule has 0 aromatic carbocycles. The molecule has 1 aliphatic heterocycles. The Hall–Kier alpha value is -1.73. The van der Waals surface area contributed by atoms with Gasteiger partial charge in [-0.1, -0.05) is 0 Å². The molecule has 1 aromatic heterocycles. The van der Waals surface area contributed by atoms with Crippen molar-refractivity contribution in [1.82, 2.24) is 20.2 Å². The number of carbonyl (C=O) groups excluding carboxylic acids is 1. The van der Waals surface area contributed by atoms with Gasteiger partial charge in [-0.2, -0.15) is 0 Å². The lowest BCUT2D eigenvalue weighted by Crippen LogP contribution is -2.44. The molecule has 1 N–H and O–H groups in total. The number of nitrogens with one attached hydrogen (secondary N) is 1. The van der Waals surface area contributed by atoms with Crippen molar-refractivity contribution >= 4 is 11.7 Å². The molecule has 1 aliphatic rings. The topological polar surface area (TPSA) is 70.6 Å². The minimum Gasteiger partial charge on any atom is -0.383 e. The Bertz CT molecular complexity index is 429. The lowest BCUT2D eigenvalue weighted by Gasteiger charge is -2.32. The van der Waals surface area contributed by atoms with Crippen LogP contribution in [0, 0.1) is 0 Å². The molecule has 1 fully saturated rings. The van der Waals surface area contributed by atoms with Crippen LogP contribution in [0.4, 0.5) is 5.82 Å². The van der Waals surface area contributed by atoms with E-state index in [1.54, 1.807) is 13.3 Å². The number of methoxy groups -OCH3 is 1. The van der Waals surface area contributed by atoms with Gasteiger partial charge in [0.05, 0.1) is 19.0 Å². The number of aromatic nitrogens is 2. The Morgan fingerprint density at radius 3 is 2.65 bits per heavy atom. The highest BCUT2D eigenvalue weighted by Crippen LogP contribution is 2.11. The first-order valence-corrected chi connectivity index (χ1v) is 6.73. The summed E-state index contributed by atoms with van der Waals surface area (Å²) in [6, 6.07) is 0. The number of likely N-dealkylation sites (N-methyl/N-ethyl adjacent to an activating group) is 1. The zero-order valence-electron chi connectivity index (χ0n) is 12.0. The molecule has 110 valence electrons. The molecule has 1 aromatic rings. The summed E-state index contributed by atoms with van der Waals surface area (Å²) in [4.78, 5) is 24.7. The van der Waals surface area contributed by atoms with Gasteiger partial charge in [0.25, 0.3) is 5.91 Å². The molecular formula is C13H21N5O2. The first-order valence-electron chi connectivity index (χ1n) is 6.73. The van der Waals surface area contributed by atoms with Gasteiger partial charge in [0.15, 0.2) is 0 Å². The van der Waals surface area contributed by atoms with Crippen molar-refractivity contribution in [3.8, 4) is 0 Å². The smallest absolute Gasteiger partial charge is 0.271 e. The second kappa shape index (κ2) is 7.16. The van der Waals surface area contributed by atoms with Gasteiger partial charge < -0.3 is 19.9 Å². The molecule has 0 bridgehead atoms. The van der Waals surface area contributed by atoms with Gasteiger partial charge in [0.1, 0.15) is 11.5 Å². The molecule has 20 heavy (non-hydrogen) atoms. The standard InChI is InChI=1S/C13H21N5O2/c1-17-4-6-18(7-5-17)12-10-15-11(9-16-12)13(19)14-3-8-20-2/h9-10H,3-8H2,1-2H3,(H,14,19). The first kappa shape index (κ1) is 14.7. The summed E-state index contributed by atoms with van der Waals surface area (Å²) in [5.74, 6) is 0.603. The lowest BCUT2D eigenvalue weighted by atomic mass is 10.3. The van der Waals surface area contributed by atoms with Gasteiger partial charge in [-0.3, -0.25) is 4.79 Å². The number of rotatable bonds is 5. The van der Waals surface area contributed by atoms with E-state index in [0.717, 1.165) is 32.0 Å². The molecule has 0 radical (unpaired) electrons. The summed E-state index contributed by atoms with van der Waals surface area (Å²) in [6.45, 7) is 4.85. The third-order valence-electron chi connectivity index (χ3n) is 3.29. The van der Waals surface area contributed by atoms with E-state index in [-0.39, 0.29) is 5.91 Å². The SMILES string of the molecule is COCCNC(=O)c1cnc(N2CCN(C)CC2)cn1. The van der Waals surface area contributed by atoms with Crippen LogP contribution < -0.4 is 10.2 Å². The fraction of sp³-hybridized carbons (Fsp3) is 0.615. The quantitative estimate of drug-likeness (QED) is 0.740. The number of nitrogens with zero attached hydrogens (tertiary/aromatic N) is 4. The predicted molar refractivity (Wildman–Crippen MR) is 76.0 cm³/mol. The number of ether oxygens (including phenoxy) is 1. The normalized spacial score (nSPS) is 16.2. The molecule has 2 rings (SSSR count). The molecule has 1 saturated heterocycles. The highest BCUT2D eigenvalue weighted by atomic mass is 16.5. The minimum absolute atomic E-state index is 0.223. The van der Waals surface area contributed by atoms with Gasteiger partial charge >= 0.3 is 0 Å². The maximum absolute atomic E-state index is 11.8. The number of hydrogen-bond donors (Lipinski definition) is 1. The average Bonchev–Trinajstić information content (AvgIpc) is 2.48. The van der Waals surface area contributed by atoms with Crippen LogP contribution in [0.5, 0.6) is 0 Å². The van der Waals surface area contributed by atoms with Gasteiger partial charge in [-0.05, 0) is 7.05 Å². The molecule has 1 amide bonds. The van der Waals surface area contributed by atoms with Crippen LogP contribution in [0.15, 0.2) is 12.4 Å². The van der Waals surface area contributed by atoms with Crippen LogP contribution in [-0.4, -0.2) is 74.3 Å². The lowest BCUT2D eigenvalue weighted by molar-refractivity contribution is 0.0931. The van der Waals surface area contributed by atoms with Gasteiger partial charge in [0.2, 0.25) is 0 Å². The Balaban J connectivity index is 1.90. The molecule has 7 heteroatoms. The maximum atomic E-state index is 11.8. The second-order valence-electron chi connectivity index (χ2n) is 4.80. The zero-order chi connectivity index (χ0) is 14.4. The second-order valence-corrected chi connectivity index (χ2v) is 4.80. The van der Waals surface area contributed by atoms with E-state index in [9.17, 15) is 4.79 Å². The van der Waals surface area contributed by atoms with Crippen LogP contribution in [0.25, 0.3) is 0 Å². The minimum atomic E-state index is -0.223. The predicted octanol–water partition coefficient (Wildman–Crippen LogP) is -0.395. The van der Waals surface area contributed by atoms with E-state index in [0.29, 0.717) is 18.8 Å². The number of amides is 1. The Morgan fingerprint density at radius 2 is 2.05 bits per heavy atom. The van der Waals surface area contributed by atoms with E-state index in [1.807, 2.05) is 0 Å². The molecular weight excluding hydrogens is 258 g/mol. The molecule has 0 saturated carbocycles. The van der Waals surface area contributed by atoms with E-state index < -0.39 is 0 Å². The Labute approximate surface area is 118 Å². The number of carbonyl (C=O) groups is 1. The van der Waals surface area contributed by atoms with E-state index >= 15 is 0 Å². The summed E-state index contributed by atoms with van der Waals surface area (Å²) in [7, 11) is 3.70. The molecule has 0 aliphatic carbocycles. The number of hydrogen-bond acceptors (Lipinski definition) is 6. The monoisotopic (exact) mass is 279 g/mol. The maximum Gasteiger partial charge on any atom is 0.271 e. The van der Waals surface area contributed by atoms with E-state index in [4.69, 9.17) is 4.74 Å². The average molecular weight is 279 g/mol. The van der Waals surface area contributed by atoms with Gasteiger partial charge in [-0.15, -0.1) is 0 Å². The van der Waals surface area contributed by atoms with Crippen molar-refractivity contribution in [2.45, 2.75) is 0 Å². The molecule has 0 spiro atoms. The van der Waals surface area contributed by atoms with Crippen LogP contribution >= 0.6 is 0 Å². The van der Waals surface area contributed by atoms with Gasteiger partial charge in [0, 0.05) is 39.8 Å².